The van der Waals surface area contributed by atoms with E-state index >= 15 is 0 Å². The summed E-state index contributed by atoms with van der Waals surface area (Å²) in [5, 5.41) is 19.5. The summed E-state index contributed by atoms with van der Waals surface area (Å²) in [6.07, 6.45) is 1.28. The Morgan fingerprint density at radius 2 is 1.33 bits per heavy atom. The molecule has 0 fully saturated rings. The molecule has 0 aliphatic rings. The van der Waals surface area contributed by atoms with Gasteiger partial charge < -0.3 is 16.0 Å². The standard InChI is InChI=1S/C38H32N4O5S/c1-25-12-11-13-26(2)34(25)41-38(45)35(27-14-5-3-6-15-27)48-31-22-20-30(21-23-31)39-37(44)32(40-36(43)28-16-7-4-8-17-28)24-29-18-9-10-19-33(29)42(46)47/h3-24,35H,1-2H3,(H,39,44)(H,40,43)(H,41,45)/b32-24-. The first-order chi connectivity index (χ1) is 23.2. The van der Waals surface area contributed by atoms with Gasteiger partial charge in [0.25, 0.3) is 17.5 Å². The van der Waals surface area contributed by atoms with Crippen molar-refractivity contribution in [1.29, 1.82) is 0 Å². The van der Waals surface area contributed by atoms with Gasteiger partial charge in [0.05, 0.1) is 10.5 Å². The second-order valence-corrected chi connectivity index (χ2v) is 12.0. The highest BCUT2D eigenvalue weighted by Crippen LogP contribution is 2.37. The summed E-state index contributed by atoms with van der Waals surface area (Å²) in [6, 6.07) is 36.6. The highest BCUT2D eigenvalue weighted by molar-refractivity contribution is 8.00. The minimum atomic E-state index is -0.673. The summed E-state index contributed by atoms with van der Waals surface area (Å²) in [4.78, 5) is 52.0. The Morgan fingerprint density at radius 1 is 0.729 bits per heavy atom. The van der Waals surface area contributed by atoms with Gasteiger partial charge in [0, 0.05) is 27.9 Å². The fraction of sp³-hybridized carbons (Fsp3) is 0.0789. The molecule has 9 nitrogen and oxygen atoms in total. The van der Waals surface area contributed by atoms with Crippen LogP contribution in [0.2, 0.25) is 0 Å². The quantitative estimate of drug-likeness (QED) is 0.0570. The van der Waals surface area contributed by atoms with Crippen LogP contribution in [0.25, 0.3) is 6.08 Å². The molecule has 48 heavy (non-hydrogen) atoms. The first kappa shape index (κ1) is 33.4. The number of rotatable bonds is 11. The SMILES string of the molecule is Cc1cccc(C)c1NC(=O)C(Sc1ccc(NC(=O)/C(=C/c2ccccc2[N+](=O)[O-])NC(=O)c2ccccc2)cc1)c1ccccc1. The van der Waals surface area contributed by atoms with E-state index in [4.69, 9.17) is 0 Å². The number of aryl methyl sites for hydroxylation is 2. The third-order valence-electron chi connectivity index (χ3n) is 7.40. The van der Waals surface area contributed by atoms with Crippen molar-refractivity contribution >= 4 is 52.6 Å². The zero-order chi connectivity index (χ0) is 34.0. The van der Waals surface area contributed by atoms with Crippen molar-refractivity contribution in [2.45, 2.75) is 24.0 Å². The molecule has 5 aromatic rings. The number of hydrogen-bond acceptors (Lipinski definition) is 6. The first-order valence-electron chi connectivity index (χ1n) is 15.0. The lowest BCUT2D eigenvalue weighted by Gasteiger charge is -2.19. The number of amides is 3. The number of hydrogen-bond donors (Lipinski definition) is 3. The van der Waals surface area contributed by atoms with E-state index in [0.29, 0.717) is 11.3 Å². The van der Waals surface area contributed by atoms with Crippen molar-refractivity contribution in [2.24, 2.45) is 0 Å². The number of benzene rings is 5. The first-order valence-corrected chi connectivity index (χ1v) is 15.9. The maximum atomic E-state index is 13.6. The zero-order valence-electron chi connectivity index (χ0n) is 26.2. The van der Waals surface area contributed by atoms with Crippen LogP contribution in [0.1, 0.15) is 37.9 Å². The maximum absolute atomic E-state index is 13.6. The number of nitro benzene ring substituents is 1. The van der Waals surface area contributed by atoms with Gasteiger partial charge in [0.1, 0.15) is 10.9 Å². The molecule has 0 saturated carbocycles. The van der Waals surface area contributed by atoms with Gasteiger partial charge >= 0.3 is 0 Å². The lowest BCUT2D eigenvalue weighted by Crippen LogP contribution is -2.30. The molecule has 0 saturated heterocycles. The van der Waals surface area contributed by atoms with Crippen molar-refractivity contribution in [3.63, 3.8) is 0 Å². The Hall–Kier alpha value is -6.00. The van der Waals surface area contributed by atoms with E-state index < -0.39 is 22.0 Å². The van der Waals surface area contributed by atoms with Gasteiger partial charge in [-0.15, -0.1) is 11.8 Å². The smallest absolute Gasteiger partial charge is 0.276 e. The fourth-order valence-electron chi connectivity index (χ4n) is 4.93. The average Bonchev–Trinajstić information content (AvgIpc) is 3.10. The number of anilines is 2. The van der Waals surface area contributed by atoms with Crippen molar-refractivity contribution in [3.05, 3.63) is 171 Å². The van der Waals surface area contributed by atoms with E-state index in [1.807, 2.05) is 62.4 Å². The van der Waals surface area contributed by atoms with Gasteiger partial charge in [0.2, 0.25) is 5.91 Å². The second-order valence-electron chi connectivity index (χ2n) is 10.8. The summed E-state index contributed by atoms with van der Waals surface area (Å²) in [5.41, 5.74) is 4.05. The molecule has 5 rings (SSSR count). The topological polar surface area (TPSA) is 130 Å². The van der Waals surface area contributed by atoms with Crippen LogP contribution in [0.5, 0.6) is 0 Å². The van der Waals surface area contributed by atoms with Crippen molar-refractivity contribution < 1.29 is 19.3 Å². The summed E-state index contributed by atoms with van der Waals surface area (Å²) >= 11 is 1.37. The van der Waals surface area contributed by atoms with Crippen LogP contribution in [0.4, 0.5) is 17.1 Å². The Bertz CT molecular complexity index is 1960. The molecule has 5 aromatic carbocycles. The van der Waals surface area contributed by atoms with Crippen molar-refractivity contribution in [2.75, 3.05) is 10.6 Å². The molecule has 10 heteroatoms. The van der Waals surface area contributed by atoms with Crippen LogP contribution in [-0.4, -0.2) is 22.6 Å². The third-order valence-corrected chi connectivity index (χ3v) is 8.66. The summed E-state index contributed by atoms with van der Waals surface area (Å²) in [7, 11) is 0. The lowest BCUT2D eigenvalue weighted by molar-refractivity contribution is -0.385. The predicted octanol–water partition coefficient (Wildman–Crippen LogP) is 8.09. The van der Waals surface area contributed by atoms with E-state index in [9.17, 15) is 24.5 Å². The van der Waals surface area contributed by atoms with Crippen LogP contribution in [0, 0.1) is 24.0 Å². The number of nitro groups is 1. The van der Waals surface area contributed by atoms with Crippen LogP contribution in [-0.2, 0) is 9.59 Å². The monoisotopic (exact) mass is 656 g/mol. The highest BCUT2D eigenvalue weighted by atomic mass is 32.2. The molecule has 0 aliphatic carbocycles. The fourth-order valence-corrected chi connectivity index (χ4v) is 5.95. The molecule has 1 unspecified atom stereocenters. The van der Waals surface area contributed by atoms with E-state index in [-0.39, 0.29) is 22.9 Å². The molecule has 0 bridgehead atoms. The van der Waals surface area contributed by atoms with Crippen LogP contribution < -0.4 is 16.0 Å². The van der Waals surface area contributed by atoms with Crippen LogP contribution >= 0.6 is 11.8 Å². The normalized spacial score (nSPS) is 11.7. The summed E-state index contributed by atoms with van der Waals surface area (Å²) in [6.45, 7) is 3.91. The summed E-state index contributed by atoms with van der Waals surface area (Å²) < 4.78 is 0. The van der Waals surface area contributed by atoms with Crippen molar-refractivity contribution in [1.82, 2.24) is 5.32 Å². The zero-order valence-corrected chi connectivity index (χ0v) is 27.0. The molecule has 0 aromatic heterocycles. The number of para-hydroxylation sites is 2. The maximum Gasteiger partial charge on any atom is 0.276 e. The molecular weight excluding hydrogens is 625 g/mol. The lowest BCUT2D eigenvalue weighted by atomic mass is 10.1. The van der Waals surface area contributed by atoms with E-state index in [2.05, 4.69) is 16.0 Å². The van der Waals surface area contributed by atoms with Gasteiger partial charge in [-0.3, -0.25) is 24.5 Å². The molecule has 0 heterocycles. The molecule has 1 atom stereocenters. The van der Waals surface area contributed by atoms with E-state index in [1.54, 1.807) is 60.7 Å². The van der Waals surface area contributed by atoms with Crippen LogP contribution in [0.3, 0.4) is 0 Å². The molecule has 240 valence electrons. The number of carbonyl (C=O) groups is 3. The average molecular weight is 657 g/mol. The molecule has 3 amide bonds. The Kier molecular flexibility index (Phi) is 10.8. The molecular formula is C38H32N4O5S. The minimum Gasteiger partial charge on any atom is -0.324 e. The van der Waals surface area contributed by atoms with E-state index in [0.717, 1.165) is 27.3 Å². The molecule has 0 aliphatic heterocycles. The number of carbonyl (C=O) groups excluding carboxylic acids is 3. The number of nitrogens with one attached hydrogen (secondary N) is 3. The van der Waals surface area contributed by atoms with Crippen molar-refractivity contribution in [3.8, 4) is 0 Å². The number of nitrogens with zero attached hydrogens (tertiary/aromatic N) is 1. The Balaban J connectivity index is 1.37. The van der Waals surface area contributed by atoms with Crippen LogP contribution in [0.15, 0.2) is 138 Å². The third kappa shape index (κ3) is 8.42. The Labute approximate surface area is 282 Å². The van der Waals surface area contributed by atoms with Gasteiger partial charge in [-0.05, 0) is 79.1 Å². The predicted molar refractivity (Wildman–Crippen MR) is 190 cm³/mol. The van der Waals surface area contributed by atoms with Gasteiger partial charge in [-0.2, -0.15) is 0 Å². The summed E-state index contributed by atoms with van der Waals surface area (Å²) in [5.74, 6) is -1.39. The highest BCUT2D eigenvalue weighted by Gasteiger charge is 2.24. The Morgan fingerprint density at radius 3 is 1.98 bits per heavy atom. The molecule has 0 radical (unpaired) electrons. The largest absolute Gasteiger partial charge is 0.324 e. The van der Waals surface area contributed by atoms with Gasteiger partial charge in [-0.1, -0.05) is 78.9 Å². The minimum absolute atomic E-state index is 0.152. The van der Waals surface area contributed by atoms with Gasteiger partial charge in [-0.25, -0.2) is 0 Å². The van der Waals surface area contributed by atoms with E-state index in [1.165, 1.54) is 36.0 Å². The number of thioether (sulfide) groups is 1. The molecule has 3 N–H and O–H groups in total. The van der Waals surface area contributed by atoms with Gasteiger partial charge in [0.15, 0.2) is 0 Å². The second kappa shape index (κ2) is 15.5. The molecule has 0 spiro atoms.